The van der Waals surface area contributed by atoms with Crippen LogP contribution in [0.5, 0.6) is 0 Å². The maximum Gasteiger partial charge on any atom is 0.00314 e. The molecule has 62 valence electrons. The Morgan fingerprint density at radius 1 is 1.20 bits per heavy atom. The van der Waals surface area contributed by atoms with E-state index in [1.165, 1.54) is 19.3 Å². The van der Waals surface area contributed by atoms with Crippen LogP contribution in [0.3, 0.4) is 0 Å². The minimum atomic E-state index is 0.866. The van der Waals surface area contributed by atoms with E-state index in [0.29, 0.717) is 0 Å². The van der Waals surface area contributed by atoms with Gasteiger partial charge in [-0.2, -0.15) is 0 Å². The predicted octanol–water partition coefficient (Wildman–Crippen LogP) is 3.84. The second kappa shape index (κ2) is 6.21. The van der Waals surface area contributed by atoms with Gasteiger partial charge >= 0.3 is 0 Å². The lowest BCUT2D eigenvalue weighted by Gasteiger charge is -2.12. The Balaban J connectivity index is 3.16. The van der Waals surface area contributed by atoms with Crippen molar-refractivity contribution < 1.29 is 0 Å². The summed E-state index contributed by atoms with van der Waals surface area (Å²) in [6.45, 7) is 6.94. The van der Waals surface area contributed by atoms with Crippen molar-refractivity contribution in [3.8, 4) is 0 Å². The molecule has 0 aromatic carbocycles. The van der Waals surface area contributed by atoms with Crippen LogP contribution in [0.25, 0.3) is 0 Å². The summed E-state index contributed by atoms with van der Waals surface area (Å²) in [5.74, 6) is 1.78. The number of alkyl halides is 1. The van der Waals surface area contributed by atoms with Crippen LogP contribution >= 0.6 is 15.9 Å². The van der Waals surface area contributed by atoms with Crippen LogP contribution in [0.2, 0.25) is 0 Å². The van der Waals surface area contributed by atoms with Gasteiger partial charge in [0.2, 0.25) is 0 Å². The van der Waals surface area contributed by atoms with E-state index in [-0.39, 0.29) is 0 Å². The molecule has 0 fully saturated rings. The van der Waals surface area contributed by atoms with E-state index < -0.39 is 0 Å². The van der Waals surface area contributed by atoms with Gasteiger partial charge in [-0.25, -0.2) is 0 Å². The van der Waals surface area contributed by atoms with E-state index in [0.717, 1.165) is 17.2 Å². The Kier molecular flexibility index (Phi) is 6.50. The zero-order valence-electron chi connectivity index (χ0n) is 7.36. The first-order chi connectivity index (χ1) is 4.66. The molecule has 0 aliphatic carbocycles. The van der Waals surface area contributed by atoms with E-state index in [4.69, 9.17) is 0 Å². The molecule has 0 heterocycles. The maximum atomic E-state index is 3.44. The minimum absolute atomic E-state index is 0.866. The highest BCUT2D eigenvalue weighted by Gasteiger charge is 2.03. The van der Waals surface area contributed by atoms with Gasteiger partial charge in [0.25, 0.3) is 0 Å². The number of hydrogen-bond donors (Lipinski definition) is 0. The van der Waals surface area contributed by atoms with E-state index in [9.17, 15) is 0 Å². The lowest BCUT2D eigenvalue weighted by atomic mass is 9.95. The molecule has 0 radical (unpaired) electrons. The van der Waals surface area contributed by atoms with Crippen molar-refractivity contribution in [2.75, 3.05) is 5.33 Å². The molecule has 0 aromatic rings. The SMILES string of the molecule is CC(C)C[C@@H](C)CCCBr. The molecule has 0 amide bonds. The summed E-state index contributed by atoms with van der Waals surface area (Å²) >= 11 is 3.44. The van der Waals surface area contributed by atoms with Crippen LogP contribution in [0, 0.1) is 11.8 Å². The largest absolute Gasteiger partial charge is 0.0928 e. The number of rotatable bonds is 5. The van der Waals surface area contributed by atoms with Gasteiger partial charge in [-0.05, 0) is 31.1 Å². The molecule has 0 aliphatic rings. The molecule has 0 aliphatic heterocycles. The molecule has 0 N–H and O–H groups in total. The number of halogens is 1. The lowest BCUT2D eigenvalue weighted by molar-refractivity contribution is 0.413. The molecule has 0 bridgehead atoms. The lowest BCUT2D eigenvalue weighted by Crippen LogP contribution is -1.99. The van der Waals surface area contributed by atoms with E-state index in [1.807, 2.05) is 0 Å². The Morgan fingerprint density at radius 3 is 2.20 bits per heavy atom. The van der Waals surface area contributed by atoms with Crippen molar-refractivity contribution in [2.45, 2.75) is 40.0 Å². The van der Waals surface area contributed by atoms with E-state index in [1.54, 1.807) is 0 Å². The average molecular weight is 207 g/mol. The molecule has 0 spiro atoms. The summed E-state index contributed by atoms with van der Waals surface area (Å²) in [7, 11) is 0. The molecule has 0 rings (SSSR count). The van der Waals surface area contributed by atoms with Crippen LogP contribution in [-0.4, -0.2) is 5.33 Å². The first-order valence-corrected chi connectivity index (χ1v) is 5.35. The van der Waals surface area contributed by atoms with Crippen molar-refractivity contribution in [2.24, 2.45) is 11.8 Å². The van der Waals surface area contributed by atoms with Crippen LogP contribution in [0.1, 0.15) is 40.0 Å². The van der Waals surface area contributed by atoms with Crippen molar-refractivity contribution in [3.05, 3.63) is 0 Å². The van der Waals surface area contributed by atoms with Gasteiger partial charge < -0.3 is 0 Å². The van der Waals surface area contributed by atoms with Crippen molar-refractivity contribution >= 4 is 15.9 Å². The molecule has 1 heteroatoms. The topological polar surface area (TPSA) is 0 Å². The predicted molar refractivity (Wildman–Crippen MR) is 51.6 cm³/mol. The fourth-order valence-electron chi connectivity index (χ4n) is 1.35. The second-order valence-electron chi connectivity index (χ2n) is 3.57. The van der Waals surface area contributed by atoms with Crippen molar-refractivity contribution in [3.63, 3.8) is 0 Å². The van der Waals surface area contributed by atoms with Gasteiger partial charge in [0.1, 0.15) is 0 Å². The third-order valence-corrected chi connectivity index (χ3v) is 2.27. The average Bonchev–Trinajstić information content (AvgIpc) is 1.82. The zero-order chi connectivity index (χ0) is 7.98. The zero-order valence-corrected chi connectivity index (χ0v) is 8.95. The summed E-state index contributed by atoms with van der Waals surface area (Å²) in [5, 5.41) is 1.16. The van der Waals surface area contributed by atoms with Gasteiger partial charge in [-0.15, -0.1) is 0 Å². The van der Waals surface area contributed by atoms with Crippen LogP contribution in [0.4, 0.5) is 0 Å². The molecule has 0 aromatic heterocycles. The van der Waals surface area contributed by atoms with E-state index >= 15 is 0 Å². The molecule has 0 unspecified atom stereocenters. The Hall–Kier alpha value is 0.480. The molecular formula is C9H19Br. The molecule has 0 saturated carbocycles. The minimum Gasteiger partial charge on any atom is -0.0928 e. The quantitative estimate of drug-likeness (QED) is 0.601. The number of hydrogen-bond acceptors (Lipinski definition) is 0. The normalized spacial score (nSPS) is 14.1. The van der Waals surface area contributed by atoms with Crippen LogP contribution in [0.15, 0.2) is 0 Å². The smallest absolute Gasteiger partial charge is 0.00314 e. The van der Waals surface area contributed by atoms with Gasteiger partial charge in [-0.1, -0.05) is 36.7 Å². The highest BCUT2D eigenvalue weighted by molar-refractivity contribution is 9.09. The first kappa shape index (κ1) is 10.5. The molecule has 1 atom stereocenters. The highest BCUT2D eigenvalue weighted by Crippen LogP contribution is 2.16. The third-order valence-electron chi connectivity index (χ3n) is 1.70. The Labute approximate surface area is 73.5 Å². The van der Waals surface area contributed by atoms with Crippen LogP contribution in [-0.2, 0) is 0 Å². The molecule has 10 heavy (non-hydrogen) atoms. The monoisotopic (exact) mass is 206 g/mol. The van der Waals surface area contributed by atoms with E-state index in [2.05, 4.69) is 36.7 Å². The third kappa shape index (κ3) is 6.60. The summed E-state index contributed by atoms with van der Waals surface area (Å²) in [6, 6.07) is 0. The summed E-state index contributed by atoms with van der Waals surface area (Å²) < 4.78 is 0. The van der Waals surface area contributed by atoms with Crippen molar-refractivity contribution in [1.29, 1.82) is 0 Å². The molecule has 0 saturated heterocycles. The van der Waals surface area contributed by atoms with Gasteiger partial charge in [0, 0.05) is 5.33 Å². The summed E-state index contributed by atoms with van der Waals surface area (Å²) in [6.07, 6.45) is 4.09. The van der Waals surface area contributed by atoms with Gasteiger partial charge in [0.05, 0.1) is 0 Å². The molecular weight excluding hydrogens is 188 g/mol. The summed E-state index contributed by atoms with van der Waals surface area (Å²) in [4.78, 5) is 0. The second-order valence-corrected chi connectivity index (χ2v) is 4.36. The highest BCUT2D eigenvalue weighted by atomic mass is 79.9. The standard InChI is InChI=1S/C9H19Br/c1-8(2)7-9(3)5-4-6-10/h8-9H,4-7H2,1-3H3/t9-/m0/s1. The Morgan fingerprint density at radius 2 is 1.80 bits per heavy atom. The molecule has 0 nitrogen and oxygen atoms in total. The first-order valence-electron chi connectivity index (χ1n) is 4.22. The van der Waals surface area contributed by atoms with Crippen molar-refractivity contribution in [1.82, 2.24) is 0 Å². The maximum absolute atomic E-state index is 3.44. The van der Waals surface area contributed by atoms with Gasteiger partial charge in [0.15, 0.2) is 0 Å². The summed E-state index contributed by atoms with van der Waals surface area (Å²) in [5.41, 5.74) is 0. The fourth-order valence-corrected chi connectivity index (χ4v) is 1.67. The fraction of sp³-hybridized carbons (Fsp3) is 1.00. The Bertz CT molecular complexity index is 69.1. The van der Waals surface area contributed by atoms with Crippen LogP contribution < -0.4 is 0 Å². The van der Waals surface area contributed by atoms with Gasteiger partial charge in [-0.3, -0.25) is 0 Å².